The lowest BCUT2D eigenvalue weighted by Gasteiger charge is -2.30. The molecule has 0 amide bonds. The lowest BCUT2D eigenvalue weighted by Crippen LogP contribution is -2.44. The molecule has 0 aromatic heterocycles. The quantitative estimate of drug-likeness (QED) is 0.227. The van der Waals surface area contributed by atoms with E-state index < -0.39 is 34.8 Å². The largest absolute Gasteiger partial charge is 0.481 e. The van der Waals surface area contributed by atoms with Crippen LogP contribution >= 0.6 is 0 Å². The summed E-state index contributed by atoms with van der Waals surface area (Å²) in [6.45, 7) is 6.53. The molecule has 0 aliphatic heterocycles. The molecule has 0 rings (SSSR count). The van der Waals surface area contributed by atoms with E-state index in [1.165, 1.54) is 21.0 Å². The van der Waals surface area contributed by atoms with Crippen molar-refractivity contribution in [3.8, 4) is 0 Å². The van der Waals surface area contributed by atoms with Crippen LogP contribution in [0.25, 0.3) is 0 Å². The minimum atomic E-state index is -1.49. The van der Waals surface area contributed by atoms with E-state index in [1.807, 2.05) is 13.8 Å². The van der Waals surface area contributed by atoms with Crippen molar-refractivity contribution in [1.29, 1.82) is 0 Å². The summed E-state index contributed by atoms with van der Waals surface area (Å²) in [5, 5.41) is 28.8. The van der Waals surface area contributed by atoms with E-state index in [0.717, 1.165) is 57.8 Å². The highest BCUT2D eigenvalue weighted by Crippen LogP contribution is 2.30. The zero-order chi connectivity index (χ0) is 23.4. The van der Waals surface area contributed by atoms with Crippen LogP contribution in [-0.2, 0) is 19.1 Å². The van der Waals surface area contributed by atoms with Gasteiger partial charge in [0.15, 0.2) is 0 Å². The van der Waals surface area contributed by atoms with Crippen LogP contribution < -0.4 is 0 Å². The Kier molecular flexibility index (Phi) is 12.9. The van der Waals surface area contributed by atoms with Gasteiger partial charge >= 0.3 is 17.9 Å². The van der Waals surface area contributed by atoms with Gasteiger partial charge in [-0.2, -0.15) is 0 Å². The molecule has 0 saturated carbocycles. The summed E-state index contributed by atoms with van der Waals surface area (Å²) < 4.78 is 4.81. The fraction of sp³-hybridized carbons (Fsp3) is 0.870. The molecule has 0 aromatic rings. The number of hydrogen-bond donors (Lipinski definition) is 3. The molecule has 0 spiro atoms. The van der Waals surface area contributed by atoms with Gasteiger partial charge in [0.1, 0.15) is 0 Å². The summed E-state index contributed by atoms with van der Waals surface area (Å²) in [4.78, 5) is 34.3. The Morgan fingerprint density at radius 2 is 1.23 bits per heavy atom. The standard InChI is InChI=1S/C23H42O7/c1-22(2,21(29)30-5)16-14-12-10-8-6-7-9-11-13-15-17(19(25)26)18(24)23(3,4)20(27)28/h17-18,24H,6-16H2,1-5H3,(H,25,26)(H,27,28). The minimum absolute atomic E-state index is 0.160. The molecule has 0 fully saturated rings. The van der Waals surface area contributed by atoms with Crippen molar-refractivity contribution < 1.29 is 34.4 Å². The van der Waals surface area contributed by atoms with Gasteiger partial charge in [0.2, 0.25) is 0 Å². The van der Waals surface area contributed by atoms with Crippen molar-refractivity contribution in [3.63, 3.8) is 0 Å². The number of carboxylic acid groups (broad SMARTS) is 2. The van der Waals surface area contributed by atoms with Gasteiger partial charge in [-0.1, -0.05) is 57.8 Å². The van der Waals surface area contributed by atoms with Crippen LogP contribution in [0.1, 0.15) is 98.3 Å². The third-order valence-corrected chi connectivity index (χ3v) is 6.04. The van der Waals surface area contributed by atoms with E-state index in [1.54, 1.807) is 0 Å². The molecule has 0 saturated heterocycles. The molecule has 7 nitrogen and oxygen atoms in total. The first kappa shape index (κ1) is 28.4. The van der Waals surface area contributed by atoms with Gasteiger partial charge in [0.05, 0.1) is 30.0 Å². The highest BCUT2D eigenvalue weighted by atomic mass is 16.5. The lowest BCUT2D eigenvalue weighted by molar-refractivity contribution is -0.162. The molecule has 0 bridgehead atoms. The number of esters is 1. The average Bonchev–Trinajstić information content (AvgIpc) is 2.67. The molecular formula is C23H42O7. The van der Waals surface area contributed by atoms with Crippen LogP contribution in [0.2, 0.25) is 0 Å². The molecular weight excluding hydrogens is 388 g/mol. The van der Waals surface area contributed by atoms with Gasteiger partial charge in [-0.3, -0.25) is 14.4 Å². The zero-order valence-electron chi connectivity index (χ0n) is 19.4. The number of carbonyl (C=O) groups is 3. The van der Waals surface area contributed by atoms with E-state index in [2.05, 4.69) is 0 Å². The minimum Gasteiger partial charge on any atom is -0.481 e. The summed E-state index contributed by atoms with van der Waals surface area (Å²) in [6, 6.07) is 0. The van der Waals surface area contributed by atoms with Crippen molar-refractivity contribution in [2.75, 3.05) is 7.11 Å². The molecule has 2 unspecified atom stereocenters. The van der Waals surface area contributed by atoms with Crippen LogP contribution in [0.3, 0.4) is 0 Å². The van der Waals surface area contributed by atoms with Gasteiger partial charge in [0, 0.05) is 0 Å². The third kappa shape index (κ3) is 9.92. The molecule has 0 aromatic carbocycles. The van der Waals surface area contributed by atoms with Crippen molar-refractivity contribution >= 4 is 17.9 Å². The SMILES string of the molecule is COC(=O)C(C)(C)CCCCCCCCCCCC(C(=O)O)C(O)C(C)(C)C(=O)O. The summed E-state index contributed by atoms with van der Waals surface area (Å²) in [7, 11) is 1.42. The van der Waals surface area contributed by atoms with E-state index in [0.29, 0.717) is 6.42 Å². The monoisotopic (exact) mass is 430 g/mol. The molecule has 0 radical (unpaired) electrons. The fourth-order valence-electron chi connectivity index (χ4n) is 3.59. The zero-order valence-corrected chi connectivity index (χ0v) is 19.4. The van der Waals surface area contributed by atoms with Crippen molar-refractivity contribution in [1.82, 2.24) is 0 Å². The maximum atomic E-state index is 11.6. The van der Waals surface area contributed by atoms with Crippen LogP contribution in [0.4, 0.5) is 0 Å². The number of carbonyl (C=O) groups excluding carboxylic acids is 1. The Hall–Kier alpha value is -1.63. The van der Waals surface area contributed by atoms with E-state index in [4.69, 9.17) is 4.74 Å². The highest BCUT2D eigenvalue weighted by molar-refractivity contribution is 5.77. The fourth-order valence-corrected chi connectivity index (χ4v) is 3.59. The molecule has 3 N–H and O–H groups in total. The number of aliphatic hydroxyl groups excluding tert-OH is 1. The number of ether oxygens (including phenoxy) is 1. The summed E-state index contributed by atoms with van der Waals surface area (Å²) in [5.74, 6) is -3.57. The van der Waals surface area contributed by atoms with Crippen molar-refractivity contribution in [2.24, 2.45) is 16.7 Å². The predicted octanol–water partition coefficient (Wildman–Crippen LogP) is 4.65. The van der Waals surface area contributed by atoms with Gasteiger partial charge < -0.3 is 20.1 Å². The lowest BCUT2D eigenvalue weighted by atomic mass is 9.77. The van der Waals surface area contributed by atoms with Crippen LogP contribution in [0, 0.1) is 16.7 Å². The molecule has 30 heavy (non-hydrogen) atoms. The average molecular weight is 431 g/mol. The smallest absolute Gasteiger partial charge is 0.311 e. The van der Waals surface area contributed by atoms with E-state index in [9.17, 15) is 29.7 Å². The maximum absolute atomic E-state index is 11.6. The Morgan fingerprint density at radius 1 is 0.800 bits per heavy atom. The topological polar surface area (TPSA) is 121 Å². The maximum Gasteiger partial charge on any atom is 0.311 e. The second-order valence-corrected chi connectivity index (χ2v) is 9.51. The van der Waals surface area contributed by atoms with Crippen LogP contribution in [-0.4, -0.2) is 46.4 Å². The third-order valence-electron chi connectivity index (χ3n) is 6.04. The molecule has 7 heteroatoms. The first-order chi connectivity index (χ1) is 13.9. The van der Waals surface area contributed by atoms with Gasteiger partial charge in [-0.25, -0.2) is 0 Å². The number of hydrogen-bond acceptors (Lipinski definition) is 5. The Morgan fingerprint density at radius 3 is 1.63 bits per heavy atom. The van der Waals surface area contributed by atoms with E-state index >= 15 is 0 Å². The number of methoxy groups -OCH3 is 1. The van der Waals surface area contributed by atoms with Gasteiger partial charge in [-0.15, -0.1) is 0 Å². The Balaban J connectivity index is 3.92. The van der Waals surface area contributed by atoms with E-state index in [-0.39, 0.29) is 12.4 Å². The number of unbranched alkanes of at least 4 members (excludes halogenated alkanes) is 8. The first-order valence-electron chi connectivity index (χ1n) is 11.1. The van der Waals surface area contributed by atoms with Crippen LogP contribution in [0.15, 0.2) is 0 Å². The number of aliphatic carboxylic acids is 2. The Bertz CT molecular complexity index is 540. The molecule has 0 heterocycles. The molecule has 0 aliphatic rings. The summed E-state index contributed by atoms with van der Waals surface area (Å²) in [6.07, 6.45) is 8.80. The first-order valence-corrected chi connectivity index (χ1v) is 11.1. The van der Waals surface area contributed by atoms with Crippen molar-refractivity contribution in [2.45, 2.75) is 104 Å². The normalized spacial score (nSPS) is 14.2. The number of carboxylic acids is 2. The van der Waals surface area contributed by atoms with Gasteiger partial charge in [-0.05, 0) is 40.5 Å². The van der Waals surface area contributed by atoms with Crippen LogP contribution in [0.5, 0.6) is 0 Å². The summed E-state index contributed by atoms with van der Waals surface area (Å²) >= 11 is 0. The second kappa shape index (κ2) is 13.6. The predicted molar refractivity (Wildman–Crippen MR) is 115 cm³/mol. The number of aliphatic hydroxyl groups is 1. The molecule has 0 aliphatic carbocycles. The highest BCUT2D eigenvalue weighted by Gasteiger charge is 2.43. The Labute approximate surface area is 181 Å². The second-order valence-electron chi connectivity index (χ2n) is 9.51. The summed E-state index contributed by atoms with van der Waals surface area (Å²) in [5.41, 5.74) is -1.91. The molecule has 2 atom stereocenters. The van der Waals surface area contributed by atoms with Gasteiger partial charge in [0.25, 0.3) is 0 Å². The molecule has 176 valence electrons. The van der Waals surface area contributed by atoms with Crippen molar-refractivity contribution in [3.05, 3.63) is 0 Å². The number of rotatable bonds is 17.